The van der Waals surface area contributed by atoms with Gasteiger partial charge in [-0.3, -0.25) is 14.3 Å². The monoisotopic (exact) mass is 327 g/mol. The normalized spacial score (nSPS) is 16.0. The van der Waals surface area contributed by atoms with Crippen molar-refractivity contribution in [2.45, 2.75) is 6.92 Å². The van der Waals surface area contributed by atoms with Gasteiger partial charge in [0.05, 0.1) is 22.1 Å². The quantitative estimate of drug-likeness (QED) is 0.796. The third-order valence-corrected chi connectivity index (χ3v) is 3.98. The van der Waals surface area contributed by atoms with E-state index in [-0.39, 0.29) is 16.4 Å². The Hall–Kier alpha value is -2.66. The number of para-hydroxylation sites is 1. The Labute approximate surface area is 137 Å². The number of rotatable bonds is 2. The highest BCUT2D eigenvalue weighted by molar-refractivity contribution is 6.48. The zero-order chi connectivity index (χ0) is 16.6. The zero-order valence-corrected chi connectivity index (χ0v) is 13.4. The van der Waals surface area contributed by atoms with Gasteiger partial charge in [0.1, 0.15) is 0 Å². The number of aromatic nitrogens is 2. The van der Waals surface area contributed by atoms with Crippen molar-refractivity contribution in [3.8, 4) is 5.69 Å². The van der Waals surface area contributed by atoms with E-state index >= 15 is 0 Å². The highest BCUT2D eigenvalue weighted by Gasteiger charge is 2.17. The van der Waals surface area contributed by atoms with Crippen molar-refractivity contribution < 1.29 is 4.79 Å². The average Bonchev–Trinajstić information content (AvgIpc) is 2.74. The van der Waals surface area contributed by atoms with Crippen molar-refractivity contribution in [2.75, 3.05) is 0 Å². The van der Waals surface area contributed by atoms with Crippen LogP contribution in [0.5, 0.6) is 0 Å². The van der Waals surface area contributed by atoms with Gasteiger partial charge in [-0.25, -0.2) is 9.67 Å². The van der Waals surface area contributed by atoms with Gasteiger partial charge < -0.3 is 0 Å². The summed E-state index contributed by atoms with van der Waals surface area (Å²) in [5, 5.41) is 0.228. The standard InChI is InChI=1S/C17H14ClN3O2/c1-11-16(19-15-9-8-13(22)10-14(15)18)17(23)21(20(11)2)12-6-4-3-5-7-12/h3-10H,1-2H3/b19-15+. The van der Waals surface area contributed by atoms with Crippen LogP contribution < -0.4 is 5.56 Å². The Bertz CT molecular complexity index is 931. The molecule has 116 valence electrons. The van der Waals surface area contributed by atoms with Gasteiger partial charge in [0, 0.05) is 13.1 Å². The van der Waals surface area contributed by atoms with E-state index < -0.39 is 0 Å². The van der Waals surface area contributed by atoms with Gasteiger partial charge in [0.15, 0.2) is 11.5 Å². The highest BCUT2D eigenvalue weighted by Crippen LogP contribution is 2.20. The second-order valence-electron chi connectivity index (χ2n) is 5.14. The Morgan fingerprint density at radius 1 is 1.09 bits per heavy atom. The van der Waals surface area contributed by atoms with E-state index in [2.05, 4.69) is 4.99 Å². The van der Waals surface area contributed by atoms with Crippen molar-refractivity contribution >= 4 is 28.8 Å². The maximum Gasteiger partial charge on any atom is 0.297 e. The zero-order valence-electron chi connectivity index (χ0n) is 12.7. The van der Waals surface area contributed by atoms with E-state index in [0.29, 0.717) is 17.1 Å². The number of carbonyl (C=O) groups is 1. The van der Waals surface area contributed by atoms with Crippen LogP contribution in [0.4, 0.5) is 5.69 Å². The maximum absolute atomic E-state index is 12.7. The van der Waals surface area contributed by atoms with Crippen molar-refractivity contribution in [1.29, 1.82) is 0 Å². The number of allylic oxidation sites excluding steroid dienone is 4. The topological polar surface area (TPSA) is 56.4 Å². The van der Waals surface area contributed by atoms with E-state index in [9.17, 15) is 9.59 Å². The molecule has 2 aromatic rings. The second-order valence-corrected chi connectivity index (χ2v) is 5.54. The number of ketones is 1. The van der Waals surface area contributed by atoms with Crippen LogP contribution in [0.1, 0.15) is 5.69 Å². The molecule has 5 nitrogen and oxygen atoms in total. The van der Waals surface area contributed by atoms with Crippen LogP contribution in [0, 0.1) is 6.92 Å². The number of benzene rings is 1. The van der Waals surface area contributed by atoms with Crippen molar-refractivity contribution in [3.05, 3.63) is 69.6 Å². The molecule has 0 saturated heterocycles. The van der Waals surface area contributed by atoms with Gasteiger partial charge in [0.2, 0.25) is 0 Å². The minimum absolute atomic E-state index is 0.194. The first-order valence-electron chi connectivity index (χ1n) is 7.01. The number of halogens is 1. The van der Waals surface area contributed by atoms with Crippen LogP contribution in [-0.2, 0) is 11.8 Å². The number of hydrogen-bond donors (Lipinski definition) is 0. The molecule has 1 aliphatic rings. The van der Waals surface area contributed by atoms with Crippen LogP contribution in [0.3, 0.4) is 0 Å². The van der Waals surface area contributed by atoms with Crippen LogP contribution in [0.2, 0.25) is 0 Å². The molecule has 0 atom stereocenters. The third-order valence-electron chi connectivity index (χ3n) is 3.68. The van der Waals surface area contributed by atoms with Gasteiger partial charge in [-0.2, -0.15) is 0 Å². The molecule has 1 aliphatic carbocycles. The lowest BCUT2D eigenvalue weighted by Crippen LogP contribution is -2.19. The maximum atomic E-state index is 12.7. The Morgan fingerprint density at radius 3 is 2.43 bits per heavy atom. The largest absolute Gasteiger partial charge is 0.297 e. The minimum atomic E-state index is -0.238. The van der Waals surface area contributed by atoms with Gasteiger partial charge >= 0.3 is 0 Å². The summed E-state index contributed by atoms with van der Waals surface area (Å²) >= 11 is 6.04. The van der Waals surface area contributed by atoms with Crippen LogP contribution >= 0.6 is 11.6 Å². The first-order chi connectivity index (χ1) is 11.0. The van der Waals surface area contributed by atoms with Crippen LogP contribution in [0.15, 0.2) is 63.4 Å². The first-order valence-corrected chi connectivity index (χ1v) is 7.39. The molecule has 1 heterocycles. The van der Waals surface area contributed by atoms with E-state index in [4.69, 9.17) is 11.6 Å². The molecular formula is C17H14ClN3O2. The fraction of sp³-hybridized carbons (Fsp3) is 0.118. The number of nitrogens with zero attached hydrogens (tertiary/aromatic N) is 3. The fourth-order valence-corrected chi connectivity index (χ4v) is 2.59. The molecule has 0 unspecified atom stereocenters. The Balaban J connectivity index is 2.17. The molecule has 0 amide bonds. The molecule has 0 radical (unpaired) electrons. The van der Waals surface area contributed by atoms with Crippen molar-refractivity contribution in [1.82, 2.24) is 9.36 Å². The van der Waals surface area contributed by atoms with Gasteiger partial charge in [-0.1, -0.05) is 29.8 Å². The lowest BCUT2D eigenvalue weighted by atomic mass is 10.1. The molecule has 0 bridgehead atoms. The summed E-state index contributed by atoms with van der Waals surface area (Å²) in [4.78, 5) is 28.4. The average molecular weight is 328 g/mol. The fourth-order valence-electron chi connectivity index (χ4n) is 2.38. The lowest BCUT2D eigenvalue weighted by molar-refractivity contribution is -0.110. The molecule has 23 heavy (non-hydrogen) atoms. The molecule has 0 N–H and O–H groups in total. The molecule has 1 aromatic heterocycles. The molecule has 1 aromatic carbocycles. The summed E-state index contributed by atoms with van der Waals surface area (Å²) in [6.07, 6.45) is 4.18. The first kappa shape index (κ1) is 15.2. The third kappa shape index (κ3) is 2.71. The molecule has 0 spiro atoms. The molecular weight excluding hydrogens is 314 g/mol. The number of hydrogen-bond acceptors (Lipinski definition) is 3. The van der Waals surface area contributed by atoms with E-state index in [1.165, 1.54) is 18.2 Å². The summed E-state index contributed by atoms with van der Waals surface area (Å²) in [5.74, 6) is -0.194. The predicted molar refractivity (Wildman–Crippen MR) is 90.9 cm³/mol. The minimum Gasteiger partial charge on any atom is -0.290 e. The van der Waals surface area contributed by atoms with Gasteiger partial charge in [-0.15, -0.1) is 0 Å². The van der Waals surface area contributed by atoms with Crippen LogP contribution in [-0.4, -0.2) is 20.9 Å². The lowest BCUT2D eigenvalue weighted by Gasteiger charge is -2.07. The molecule has 6 heteroatoms. The van der Waals surface area contributed by atoms with Crippen molar-refractivity contribution in [2.24, 2.45) is 12.0 Å². The highest BCUT2D eigenvalue weighted by atomic mass is 35.5. The molecule has 3 rings (SSSR count). The summed E-state index contributed by atoms with van der Waals surface area (Å²) in [6.45, 7) is 1.82. The smallest absolute Gasteiger partial charge is 0.290 e. The SMILES string of the molecule is Cc1c(/N=C2\C=CC(=O)C=C2Cl)c(=O)n(-c2ccccc2)n1C. The van der Waals surface area contributed by atoms with E-state index in [0.717, 1.165) is 5.69 Å². The Kier molecular flexibility index (Phi) is 3.88. The van der Waals surface area contributed by atoms with E-state index in [1.807, 2.05) is 37.3 Å². The summed E-state index contributed by atoms with van der Waals surface area (Å²) in [6, 6.07) is 9.32. The summed E-state index contributed by atoms with van der Waals surface area (Å²) in [7, 11) is 1.80. The van der Waals surface area contributed by atoms with Gasteiger partial charge in [0.25, 0.3) is 5.56 Å². The molecule has 0 fully saturated rings. The van der Waals surface area contributed by atoms with Gasteiger partial charge in [-0.05, 0) is 31.2 Å². The summed E-state index contributed by atoms with van der Waals surface area (Å²) < 4.78 is 3.29. The predicted octanol–water partition coefficient (Wildman–Crippen LogP) is 2.82. The molecule has 0 saturated carbocycles. The van der Waals surface area contributed by atoms with Crippen LogP contribution in [0.25, 0.3) is 5.69 Å². The molecule has 0 aliphatic heterocycles. The summed E-state index contributed by atoms with van der Waals surface area (Å²) in [5.41, 5.74) is 1.93. The number of carbonyl (C=O) groups excluding carboxylic acids is 1. The number of aliphatic imine (C=N–C) groups is 1. The second kappa shape index (κ2) is 5.85. The van der Waals surface area contributed by atoms with Crippen molar-refractivity contribution in [3.63, 3.8) is 0 Å². The Morgan fingerprint density at radius 2 is 1.78 bits per heavy atom. The van der Waals surface area contributed by atoms with E-state index in [1.54, 1.807) is 16.4 Å².